The van der Waals surface area contributed by atoms with Gasteiger partial charge >= 0.3 is 12.1 Å². The highest BCUT2D eigenvalue weighted by atomic mass is 19.2. The Morgan fingerprint density at radius 1 is 1.26 bits per heavy atom. The molecule has 0 aromatic heterocycles. The summed E-state index contributed by atoms with van der Waals surface area (Å²) in [6.45, 7) is 6.94. The second kappa shape index (κ2) is 7.94. The lowest BCUT2D eigenvalue weighted by molar-refractivity contribution is -0.0539. The Morgan fingerprint density at radius 2 is 1.83 bits per heavy atom. The molecule has 1 N–H and O–H groups in total. The lowest BCUT2D eigenvalue weighted by Crippen LogP contribution is -2.39. The first kappa shape index (κ1) is 18.9. The van der Waals surface area contributed by atoms with Crippen molar-refractivity contribution in [1.82, 2.24) is 5.12 Å². The van der Waals surface area contributed by atoms with Crippen LogP contribution in [0.3, 0.4) is 0 Å². The van der Waals surface area contributed by atoms with Gasteiger partial charge in [0.15, 0.2) is 0 Å². The molecule has 5 nitrogen and oxygen atoms in total. The molecule has 0 aliphatic rings. The molecule has 0 aliphatic carbocycles. The van der Waals surface area contributed by atoms with Crippen molar-refractivity contribution in [2.75, 3.05) is 0 Å². The van der Waals surface area contributed by atoms with Crippen LogP contribution in [0, 0.1) is 0 Å². The van der Waals surface area contributed by atoms with E-state index in [1.807, 2.05) is 6.92 Å². The van der Waals surface area contributed by atoms with Crippen LogP contribution >= 0.6 is 0 Å². The highest BCUT2D eigenvalue weighted by Gasteiger charge is 2.28. The van der Waals surface area contributed by atoms with E-state index in [1.54, 1.807) is 32.9 Å². The van der Waals surface area contributed by atoms with Crippen LogP contribution < -0.4 is 0 Å². The zero-order valence-electron chi connectivity index (χ0n) is 14.0. The van der Waals surface area contributed by atoms with Gasteiger partial charge in [0.1, 0.15) is 5.60 Å². The van der Waals surface area contributed by atoms with Crippen LogP contribution in [0.25, 0.3) is 0 Å². The van der Waals surface area contributed by atoms with E-state index < -0.39 is 23.7 Å². The molecule has 0 unspecified atom stereocenters. The molecule has 1 aromatic carbocycles. The Kier molecular flexibility index (Phi) is 6.54. The summed E-state index contributed by atoms with van der Waals surface area (Å²) in [6, 6.07) is 5.56. The van der Waals surface area contributed by atoms with Crippen molar-refractivity contribution >= 4 is 12.1 Å². The van der Waals surface area contributed by atoms with Gasteiger partial charge in [-0.1, -0.05) is 30.0 Å². The van der Waals surface area contributed by atoms with E-state index in [4.69, 9.17) is 9.84 Å². The number of carbonyl (C=O) groups excluding carboxylic acids is 1. The van der Waals surface area contributed by atoms with Gasteiger partial charge in [-0.25, -0.2) is 9.59 Å². The van der Waals surface area contributed by atoms with E-state index in [2.05, 4.69) is 0 Å². The largest absolute Gasteiger partial charge is 0.478 e. The molecule has 0 radical (unpaired) electrons. The molecule has 0 fully saturated rings. The van der Waals surface area contributed by atoms with Gasteiger partial charge < -0.3 is 9.84 Å². The first-order valence-electron chi connectivity index (χ1n) is 7.64. The maximum Gasteiger partial charge on any atom is 0.438 e. The summed E-state index contributed by atoms with van der Waals surface area (Å²) in [4.78, 5) is 22.7. The molecule has 1 atom stereocenters. The fourth-order valence-electron chi connectivity index (χ4n) is 2.14. The predicted molar refractivity (Wildman–Crippen MR) is 85.0 cm³/mol. The van der Waals surface area contributed by atoms with Crippen LogP contribution in [0.1, 0.15) is 56.5 Å². The van der Waals surface area contributed by atoms with Crippen LogP contribution in [-0.4, -0.2) is 33.9 Å². The number of hydrogen-bond acceptors (Lipinski definition) is 3. The van der Waals surface area contributed by atoms with Crippen molar-refractivity contribution in [2.24, 2.45) is 0 Å². The highest BCUT2D eigenvalue weighted by Crippen LogP contribution is 2.19. The normalized spacial score (nSPS) is 12.6. The summed E-state index contributed by atoms with van der Waals surface area (Å²) in [5.41, 5.74) is 0.172. The van der Waals surface area contributed by atoms with Gasteiger partial charge in [-0.2, -0.15) is 0 Å². The molecule has 0 saturated heterocycles. The van der Waals surface area contributed by atoms with Crippen LogP contribution in [0.5, 0.6) is 0 Å². The van der Waals surface area contributed by atoms with Crippen molar-refractivity contribution in [3.05, 3.63) is 35.4 Å². The fourth-order valence-corrected chi connectivity index (χ4v) is 2.14. The van der Waals surface area contributed by atoms with Crippen LogP contribution in [0.15, 0.2) is 24.3 Å². The topological polar surface area (TPSA) is 66.8 Å². The molecule has 0 spiro atoms. The Hall–Kier alpha value is -2.11. The van der Waals surface area contributed by atoms with Gasteiger partial charge in [0.25, 0.3) is 0 Å². The molecule has 1 aromatic rings. The first-order valence-corrected chi connectivity index (χ1v) is 7.64. The second-order valence-electron chi connectivity index (χ2n) is 6.44. The average Bonchev–Trinajstić information content (AvgIpc) is 2.44. The maximum absolute atomic E-state index is 14.3. The number of carbonyl (C=O) groups is 2. The predicted octanol–water partition coefficient (Wildman–Crippen LogP) is 4.22. The van der Waals surface area contributed by atoms with Gasteiger partial charge in [-0.05, 0) is 51.3 Å². The zero-order valence-corrected chi connectivity index (χ0v) is 14.0. The molecule has 23 heavy (non-hydrogen) atoms. The number of halogens is 1. The smallest absolute Gasteiger partial charge is 0.438 e. The number of amides is 1. The highest BCUT2D eigenvalue weighted by molar-refractivity contribution is 5.87. The number of carboxylic acids is 1. The van der Waals surface area contributed by atoms with E-state index in [1.165, 1.54) is 12.1 Å². The molecule has 6 heteroatoms. The number of carboxylic acid groups (broad SMARTS) is 1. The van der Waals surface area contributed by atoms with Crippen molar-refractivity contribution in [2.45, 2.75) is 58.6 Å². The van der Waals surface area contributed by atoms with Crippen molar-refractivity contribution in [1.29, 1.82) is 0 Å². The molecular formula is C17H24FNO4. The van der Waals surface area contributed by atoms with Gasteiger partial charge in [0.2, 0.25) is 0 Å². The quantitative estimate of drug-likeness (QED) is 0.795. The van der Waals surface area contributed by atoms with Gasteiger partial charge in [-0.15, -0.1) is 5.12 Å². The summed E-state index contributed by atoms with van der Waals surface area (Å²) in [5.74, 6) is -1.01. The Labute approximate surface area is 136 Å². The molecule has 0 bridgehead atoms. The van der Waals surface area contributed by atoms with Crippen molar-refractivity contribution in [3.8, 4) is 0 Å². The summed E-state index contributed by atoms with van der Waals surface area (Å²) in [7, 11) is 0. The Balaban J connectivity index is 2.81. The lowest BCUT2D eigenvalue weighted by Gasteiger charge is -2.27. The Morgan fingerprint density at radius 3 is 2.26 bits per heavy atom. The monoisotopic (exact) mass is 325 g/mol. The summed E-state index contributed by atoms with van der Waals surface area (Å²) < 4.78 is 19.4. The number of aromatic carboxylic acids is 1. The minimum Gasteiger partial charge on any atom is -0.478 e. The summed E-state index contributed by atoms with van der Waals surface area (Å²) in [5, 5.41) is 9.02. The SMILES string of the molecule is CCC[C@H](Cc1ccc(C(=O)O)cc1)N(F)C(=O)OC(C)(C)C. The van der Waals surface area contributed by atoms with Crippen LogP contribution in [0.2, 0.25) is 0 Å². The average molecular weight is 325 g/mol. The molecule has 0 heterocycles. The van der Waals surface area contributed by atoms with Crippen molar-refractivity contribution in [3.63, 3.8) is 0 Å². The van der Waals surface area contributed by atoms with E-state index in [-0.39, 0.29) is 10.7 Å². The van der Waals surface area contributed by atoms with E-state index in [0.717, 1.165) is 5.56 Å². The minimum atomic E-state index is -1.01. The lowest BCUT2D eigenvalue weighted by atomic mass is 10.0. The molecule has 0 saturated carbocycles. The van der Waals surface area contributed by atoms with Gasteiger partial charge in [0.05, 0.1) is 11.6 Å². The summed E-state index contributed by atoms with van der Waals surface area (Å²) in [6.07, 6.45) is 0.485. The van der Waals surface area contributed by atoms with Crippen LogP contribution in [0.4, 0.5) is 9.28 Å². The maximum atomic E-state index is 14.3. The number of rotatable bonds is 6. The van der Waals surface area contributed by atoms with E-state index in [9.17, 15) is 14.1 Å². The van der Waals surface area contributed by atoms with Gasteiger partial charge in [-0.3, -0.25) is 0 Å². The first-order chi connectivity index (χ1) is 10.6. The Bertz CT molecular complexity index is 537. The van der Waals surface area contributed by atoms with Crippen LogP contribution in [-0.2, 0) is 11.2 Å². The number of ether oxygens (including phenoxy) is 1. The van der Waals surface area contributed by atoms with Gasteiger partial charge in [0, 0.05) is 0 Å². The molecule has 0 aliphatic heterocycles. The van der Waals surface area contributed by atoms with Crippen molar-refractivity contribution < 1.29 is 23.9 Å². The van der Waals surface area contributed by atoms with E-state index in [0.29, 0.717) is 19.3 Å². The third-order valence-corrected chi connectivity index (χ3v) is 3.18. The third kappa shape index (κ3) is 6.26. The second-order valence-corrected chi connectivity index (χ2v) is 6.44. The molecule has 128 valence electrons. The standard InChI is InChI=1S/C17H24FNO4/c1-5-6-14(19(18)16(22)23-17(2,3)4)11-12-7-9-13(10-8-12)15(20)21/h7-10,14H,5-6,11H2,1-4H3,(H,20,21)/t14-/m1/s1. The number of hydrogen-bond donors (Lipinski definition) is 1. The van der Waals surface area contributed by atoms with E-state index >= 15 is 0 Å². The number of benzene rings is 1. The number of nitrogens with zero attached hydrogens (tertiary/aromatic N) is 1. The third-order valence-electron chi connectivity index (χ3n) is 3.18. The fraction of sp³-hybridized carbons (Fsp3) is 0.529. The molecule has 1 rings (SSSR count). The molecular weight excluding hydrogens is 301 g/mol. The zero-order chi connectivity index (χ0) is 17.6. The molecule has 1 amide bonds. The summed E-state index contributed by atoms with van der Waals surface area (Å²) >= 11 is 0. The minimum absolute atomic E-state index is 0.139.